The van der Waals surface area contributed by atoms with Crippen molar-refractivity contribution in [1.29, 1.82) is 0 Å². The molecule has 0 aromatic heterocycles. The number of carbonyl (C=O) groups excluding carboxylic acids is 1. The number of aromatic hydroxyl groups is 2. The molecule has 0 saturated heterocycles. The van der Waals surface area contributed by atoms with Crippen LogP contribution < -0.4 is 26.2 Å². The zero-order valence-electron chi connectivity index (χ0n) is 20.5. The van der Waals surface area contributed by atoms with Crippen molar-refractivity contribution < 1.29 is 62.7 Å². The van der Waals surface area contributed by atoms with Crippen molar-refractivity contribution >= 4 is 27.5 Å². The molecule has 2 atom stereocenters. The van der Waals surface area contributed by atoms with Crippen LogP contribution in [0.25, 0.3) is 0 Å². The molecule has 2 aromatic rings. The second-order valence-electron chi connectivity index (χ2n) is 8.85. The SMILES string of the molecule is CC(Cc1ccc(OP(=O)(O)O)c(O)c1)(NN)C(=O)N(N)C(C)(Cc1ccc(OP(=O)(O)O)c(O)c1)C(=O)O. The van der Waals surface area contributed by atoms with E-state index in [0.29, 0.717) is 5.01 Å². The van der Waals surface area contributed by atoms with Crippen molar-refractivity contribution in [3.05, 3.63) is 47.5 Å². The number of rotatable bonds is 12. The fourth-order valence-electron chi connectivity index (χ4n) is 3.50. The summed E-state index contributed by atoms with van der Waals surface area (Å²) in [6.45, 7) is 2.40. The lowest BCUT2D eigenvalue weighted by molar-refractivity contribution is -0.161. The molecule has 0 heterocycles. The molecule has 0 bridgehead atoms. The van der Waals surface area contributed by atoms with Crippen LogP contribution in [0.2, 0.25) is 0 Å². The molecule has 0 fully saturated rings. The number of phenols is 2. The van der Waals surface area contributed by atoms with Crippen molar-refractivity contribution in [1.82, 2.24) is 10.4 Å². The lowest BCUT2D eigenvalue weighted by atomic mass is 9.87. The van der Waals surface area contributed by atoms with Gasteiger partial charge in [0.2, 0.25) is 0 Å². The monoisotopic (exact) mass is 594 g/mol. The minimum atomic E-state index is -4.98. The van der Waals surface area contributed by atoms with Gasteiger partial charge in [0.15, 0.2) is 28.5 Å². The molecule has 1 amide bonds. The molecule has 19 heteroatoms. The van der Waals surface area contributed by atoms with E-state index >= 15 is 0 Å². The lowest BCUT2D eigenvalue weighted by Crippen LogP contribution is -2.68. The molecule has 39 heavy (non-hydrogen) atoms. The second kappa shape index (κ2) is 11.5. The summed E-state index contributed by atoms with van der Waals surface area (Å²) in [6, 6.07) is 6.54. The van der Waals surface area contributed by atoms with Gasteiger partial charge in [-0.2, -0.15) is 0 Å². The van der Waals surface area contributed by atoms with Gasteiger partial charge in [0, 0.05) is 12.8 Å². The Balaban J connectivity index is 2.34. The number of benzene rings is 2. The second-order valence-corrected chi connectivity index (χ2v) is 11.2. The smallest absolute Gasteiger partial charge is 0.504 e. The van der Waals surface area contributed by atoms with Gasteiger partial charge >= 0.3 is 21.6 Å². The molecular formula is C20H28N4O13P2. The number of phenolic OH excluding ortho intramolecular Hbond substituents is 2. The maximum Gasteiger partial charge on any atom is 0.524 e. The van der Waals surface area contributed by atoms with Gasteiger partial charge in [0.1, 0.15) is 5.54 Å². The van der Waals surface area contributed by atoms with Gasteiger partial charge in [0.25, 0.3) is 5.91 Å². The highest BCUT2D eigenvalue weighted by Gasteiger charge is 2.47. The Labute approximate surface area is 221 Å². The molecule has 12 N–H and O–H groups in total. The quantitative estimate of drug-likeness (QED) is 0.0646. The minimum Gasteiger partial charge on any atom is -0.504 e. The average Bonchev–Trinajstić information content (AvgIpc) is 2.79. The largest absolute Gasteiger partial charge is 0.524 e. The van der Waals surface area contributed by atoms with Gasteiger partial charge in [0.05, 0.1) is 0 Å². The summed E-state index contributed by atoms with van der Waals surface area (Å²) < 4.78 is 30.7. The molecule has 2 aromatic carbocycles. The summed E-state index contributed by atoms with van der Waals surface area (Å²) >= 11 is 0. The standard InChI is InChI=1S/C20H28N4O13P2/c1-19(23-21,9-11-3-5-15(13(25)7-11)36-38(30,31)32)17(27)24(22)20(2,18(28)29)10-12-4-6-16(14(26)8-12)37-39(33,34)35/h3-8,23,25-26H,9-10,21-22H2,1-2H3,(H,28,29)(H2,30,31,32)(H2,33,34,35). The lowest BCUT2D eigenvalue weighted by Gasteiger charge is -2.40. The molecule has 216 valence electrons. The molecular weight excluding hydrogens is 566 g/mol. The third-order valence-electron chi connectivity index (χ3n) is 5.59. The number of hydrogen-bond donors (Lipinski definition) is 10. The summed E-state index contributed by atoms with van der Waals surface area (Å²) in [5.74, 6) is 6.57. The van der Waals surface area contributed by atoms with E-state index in [1.807, 2.05) is 0 Å². The Morgan fingerprint density at radius 2 is 1.31 bits per heavy atom. The summed E-state index contributed by atoms with van der Waals surface area (Å²) in [5, 5.41) is 30.5. The summed E-state index contributed by atoms with van der Waals surface area (Å²) in [5.41, 5.74) is -1.33. The average molecular weight is 594 g/mol. The van der Waals surface area contributed by atoms with Crippen molar-refractivity contribution in [3.8, 4) is 23.0 Å². The van der Waals surface area contributed by atoms with Crippen LogP contribution in [0.5, 0.6) is 23.0 Å². The summed E-state index contributed by atoms with van der Waals surface area (Å²) in [7, 11) is -9.95. The van der Waals surface area contributed by atoms with Gasteiger partial charge in [-0.05, 0) is 49.2 Å². The topological polar surface area (TPSA) is 296 Å². The Bertz CT molecular complexity index is 1350. The Morgan fingerprint density at radius 1 is 0.897 bits per heavy atom. The Kier molecular flexibility index (Phi) is 9.41. The number of nitrogens with two attached hydrogens (primary N) is 2. The minimum absolute atomic E-state index is 0.103. The molecule has 2 rings (SSSR count). The molecule has 0 radical (unpaired) electrons. The zero-order chi connectivity index (χ0) is 30.0. The normalized spacial score (nSPS) is 15.1. The fourth-order valence-corrected chi connectivity index (χ4v) is 4.33. The van der Waals surface area contributed by atoms with Gasteiger partial charge in [-0.1, -0.05) is 12.1 Å². The van der Waals surface area contributed by atoms with E-state index in [9.17, 15) is 34.0 Å². The van der Waals surface area contributed by atoms with E-state index in [1.165, 1.54) is 19.1 Å². The Hall–Kier alpha value is -3.24. The van der Waals surface area contributed by atoms with Gasteiger partial charge < -0.3 is 24.4 Å². The summed E-state index contributed by atoms with van der Waals surface area (Å²) in [6.07, 6.45) is -0.769. The highest BCUT2D eigenvalue weighted by molar-refractivity contribution is 7.47. The van der Waals surface area contributed by atoms with Crippen LogP contribution in [0.15, 0.2) is 36.4 Å². The van der Waals surface area contributed by atoms with E-state index in [4.69, 9.17) is 31.3 Å². The van der Waals surface area contributed by atoms with Gasteiger partial charge in [-0.3, -0.25) is 35.2 Å². The van der Waals surface area contributed by atoms with Gasteiger partial charge in [-0.25, -0.2) is 25.2 Å². The summed E-state index contributed by atoms with van der Waals surface area (Å²) in [4.78, 5) is 61.3. The molecule has 2 unspecified atom stereocenters. The number of phosphoric acid groups is 2. The van der Waals surface area contributed by atoms with Crippen molar-refractivity contribution in [3.63, 3.8) is 0 Å². The first-order valence-corrected chi connectivity index (χ1v) is 13.7. The zero-order valence-corrected chi connectivity index (χ0v) is 22.2. The maximum absolute atomic E-state index is 13.4. The molecule has 17 nitrogen and oxygen atoms in total. The number of phosphoric ester groups is 2. The highest BCUT2D eigenvalue weighted by atomic mass is 31.2. The number of amides is 1. The van der Waals surface area contributed by atoms with Gasteiger partial charge in [-0.15, -0.1) is 0 Å². The van der Waals surface area contributed by atoms with Crippen molar-refractivity contribution in [2.45, 2.75) is 37.8 Å². The number of hydrazine groups is 2. The van der Waals surface area contributed by atoms with Crippen LogP contribution in [0.4, 0.5) is 0 Å². The third kappa shape index (κ3) is 8.12. The predicted octanol–water partition coefficient (Wildman–Crippen LogP) is -0.406. The Morgan fingerprint density at radius 3 is 1.64 bits per heavy atom. The van der Waals surface area contributed by atoms with E-state index in [-0.39, 0.29) is 17.5 Å². The number of carbonyl (C=O) groups is 2. The van der Waals surface area contributed by atoms with Crippen LogP contribution in [0, 0.1) is 0 Å². The highest BCUT2D eigenvalue weighted by Crippen LogP contribution is 2.43. The van der Waals surface area contributed by atoms with E-state index in [0.717, 1.165) is 31.2 Å². The number of nitrogens with zero attached hydrogens (tertiary/aromatic N) is 1. The predicted molar refractivity (Wildman–Crippen MR) is 132 cm³/mol. The van der Waals surface area contributed by atoms with Crippen LogP contribution in [0.3, 0.4) is 0 Å². The molecule has 0 saturated carbocycles. The van der Waals surface area contributed by atoms with Crippen LogP contribution >= 0.6 is 15.6 Å². The first-order valence-electron chi connectivity index (χ1n) is 10.7. The number of carboxylic acids is 1. The van der Waals surface area contributed by atoms with Crippen LogP contribution in [-0.4, -0.2) is 62.9 Å². The van der Waals surface area contributed by atoms with E-state index in [1.54, 1.807) is 0 Å². The number of aliphatic carboxylic acids is 1. The number of carboxylic acid groups (broad SMARTS) is 1. The molecule has 0 spiro atoms. The molecule has 0 aliphatic carbocycles. The van der Waals surface area contributed by atoms with Crippen LogP contribution in [-0.2, 0) is 31.6 Å². The molecule has 0 aliphatic heterocycles. The van der Waals surface area contributed by atoms with E-state index < -0.39 is 68.0 Å². The maximum atomic E-state index is 13.4. The van der Waals surface area contributed by atoms with Crippen LogP contribution in [0.1, 0.15) is 25.0 Å². The third-order valence-corrected chi connectivity index (χ3v) is 6.46. The number of nitrogens with one attached hydrogen (secondary N) is 1. The van der Waals surface area contributed by atoms with E-state index in [2.05, 4.69) is 14.5 Å². The first-order chi connectivity index (χ1) is 17.7. The van der Waals surface area contributed by atoms with Crippen molar-refractivity contribution in [2.24, 2.45) is 11.7 Å². The van der Waals surface area contributed by atoms with Crippen molar-refractivity contribution in [2.75, 3.05) is 0 Å². The number of hydrogen-bond acceptors (Lipinski definition) is 11. The molecule has 0 aliphatic rings. The first kappa shape index (κ1) is 32.0. The fraction of sp³-hybridized carbons (Fsp3) is 0.300.